The van der Waals surface area contributed by atoms with Crippen molar-refractivity contribution < 1.29 is 75.4 Å². The van der Waals surface area contributed by atoms with Gasteiger partial charge < -0.3 is 49.3 Å². The number of hydrogen-bond acceptors (Lipinski definition) is 10. The van der Waals surface area contributed by atoms with Gasteiger partial charge in [0, 0.05) is 26.1 Å². The number of carboxylic acid groups (broad SMARTS) is 2. The monoisotopic (exact) mass is 998 g/mol. The Morgan fingerprint density at radius 2 is 0.764 bits per heavy atom. The number of carbonyl (C=O) groups is 4. The summed E-state index contributed by atoms with van der Waals surface area (Å²) >= 11 is 0. The Labute approximate surface area is 413 Å². The average Bonchev–Trinajstić information content (AvgIpc) is 3.36. The minimum atomic E-state index is -1.40. The summed E-state index contributed by atoms with van der Waals surface area (Å²) in [7, 11) is 6.20. The third kappa shape index (κ3) is 14.1. The zero-order valence-electron chi connectivity index (χ0n) is 40.3. The lowest BCUT2D eigenvalue weighted by Crippen LogP contribution is -2.42. The number of methoxy groups -OCH3 is 4. The van der Waals surface area contributed by atoms with Crippen molar-refractivity contribution in [2.24, 2.45) is 0 Å². The normalized spacial score (nSPS) is 11.6. The smallest absolute Gasteiger partial charge is 0.326 e. The van der Waals surface area contributed by atoms with Crippen LogP contribution in [0.4, 0.5) is 17.6 Å². The summed E-state index contributed by atoms with van der Waals surface area (Å²) in [6.45, 7) is 5.76. The summed E-state index contributed by atoms with van der Waals surface area (Å²) in [6.07, 6.45) is -0.196. The third-order valence-corrected chi connectivity index (χ3v) is 11.0. The number of amides is 2. The molecule has 0 unspecified atom stereocenters. The van der Waals surface area contributed by atoms with E-state index in [1.54, 1.807) is 77.0 Å². The summed E-state index contributed by atoms with van der Waals surface area (Å²) in [5, 5.41) is 23.6. The lowest BCUT2D eigenvalue weighted by Gasteiger charge is -2.17. The highest BCUT2D eigenvalue weighted by Crippen LogP contribution is 2.41. The van der Waals surface area contributed by atoms with Crippen molar-refractivity contribution in [3.63, 3.8) is 0 Å². The molecule has 14 nitrogen and oxygen atoms in total. The summed E-state index contributed by atoms with van der Waals surface area (Å²) < 4.78 is 88.9. The molecule has 18 heteroatoms. The highest BCUT2D eigenvalue weighted by Gasteiger charge is 2.27. The minimum Gasteiger partial charge on any atom is -0.496 e. The molecule has 0 aliphatic carbocycles. The van der Waals surface area contributed by atoms with Crippen molar-refractivity contribution in [2.75, 3.05) is 41.7 Å². The van der Waals surface area contributed by atoms with E-state index in [1.165, 1.54) is 0 Å². The molecule has 72 heavy (non-hydrogen) atoms. The molecule has 0 fully saturated rings. The quantitative estimate of drug-likeness (QED) is 0.0473. The zero-order valence-corrected chi connectivity index (χ0v) is 40.3. The van der Waals surface area contributed by atoms with Gasteiger partial charge in [0.2, 0.25) is 0 Å². The number of ether oxygens (including phenoxy) is 6. The van der Waals surface area contributed by atoms with E-state index >= 15 is 0 Å². The average molecular weight is 999 g/mol. The number of carbonyl (C=O) groups excluding carboxylic acids is 2. The first-order chi connectivity index (χ1) is 34.6. The lowest BCUT2D eigenvalue weighted by molar-refractivity contribution is -0.140. The molecule has 0 saturated carbocycles. The molecular formula is C54H54F4N2O12. The Bertz CT molecular complexity index is 2560. The highest BCUT2D eigenvalue weighted by molar-refractivity contribution is 5.98. The summed E-state index contributed by atoms with van der Waals surface area (Å²) in [5.74, 6) is -6.92. The van der Waals surface area contributed by atoms with Crippen molar-refractivity contribution in [3.8, 4) is 45.3 Å². The van der Waals surface area contributed by atoms with Gasteiger partial charge in [-0.1, -0.05) is 60.7 Å². The molecule has 0 spiro atoms. The van der Waals surface area contributed by atoms with Crippen molar-refractivity contribution >= 4 is 23.8 Å². The summed E-state index contributed by atoms with van der Waals surface area (Å²) in [5.41, 5.74) is 4.25. The summed E-state index contributed by atoms with van der Waals surface area (Å²) in [6, 6.07) is 24.5. The SMILES string of the molecule is CCOCc1cc(OC)c(-c2ccc(C[C@H](NC(=O)c3c(F)cccc3F)C(=O)O)cc2)c(OC)c1.CCOCc1cc(OC)c(-c2ccc(C[C@H](NC(=O)c3c(F)cccc3F)C(=O)O)cc2)c(OC)c1. The van der Waals surface area contributed by atoms with Crippen LogP contribution < -0.4 is 29.6 Å². The fourth-order valence-electron chi connectivity index (χ4n) is 7.48. The number of aliphatic carboxylic acids is 2. The van der Waals surface area contributed by atoms with E-state index in [0.717, 1.165) is 58.7 Å². The van der Waals surface area contributed by atoms with Gasteiger partial charge >= 0.3 is 11.9 Å². The predicted molar refractivity (Wildman–Crippen MR) is 259 cm³/mol. The first-order valence-corrected chi connectivity index (χ1v) is 22.4. The molecule has 2 atom stereocenters. The topological polar surface area (TPSA) is 188 Å². The fourth-order valence-corrected chi connectivity index (χ4v) is 7.48. The van der Waals surface area contributed by atoms with Crippen LogP contribution in [0, 0.1) is 23.3 Å². The molecule has 4 N–H and O–H groups in total. The van der Waals surface area contributed by atoms with Crippen molar-refractivity contribution in [2.45, 2.75) is 52.0 Å². The molecule has 0 bridgehead atoms. The Hall–Kier alpha value is -7.96. The number of halogens is 4. The van der Waals surface area contributed by atoms with Crippen molar-refractivity contribution in [1.82, 2.24) is 10.6 Å². The molecule has 0 heterocycles. The minimum absolute atomic E-state index is 0.0982. The molecule has 0 aromatic heterocycles. The predicted octanol–water partition coefficient (Wildman–Crippen LogP) is 9.22. The van der Waals surface area contributed by atoms with Gasteiger partial charge in [0.15, 0.2) is 0 Å². The van der Waals surface area contributed by atoms with E-state index in [4.69, 9.17) is 28.4 Å². The maximum absolute atomic E-state index is 13.9. The molecule has 6 aromatic carbocycles. The lowest BCUT2D eigenvalue weighted by atomic mass is 9.98. The molecule has 0 aliphatic rings. The molecule has 0 aliphatic heterocycles. The van der Waals surface area contributed by atoms with E-state index < -0.39 is 70.2 Å². The van der Waals surface area contributed by atoms with E-state index in [1.807, 2.05) is 38.1 Å². The number of carboxylic acids is 2. The molecule has 0 saturated heterocycles. The first kappa shape index (κ1) is 55.0. The van der Waals surface area contributed by atoms with Crippen LogP contribution in [0.3, 0.4) is 0 Å². The van der Waals surface area contributed by atoms with Gasteiger partial charge in [-0.3, -0.25) is 9.59 Å². The molecule has 6 rings (SSSR count). The van der Waals surface area contributed by atoms with Crippen LogP contribution in [0.1, 0.15) is 56.8 Å². The number of rotatable bonds is 22. The van der Waals surface area contributed by atoms with Crippen LogP contribution in [0.5, 0.6) is 23.0 Å². The van der Waals surface area contributed by atoms with Crippen molar-refractivity contribution in [3.05, 3.63) is 166 Å². The highest BCUT2D eigenvalue weighted by atomic mass is 19.1. The molecular weight excluding hydrogens is 945 g/mol. The van der Waals surface area contributed by atoms with Crippen LogP contribution in [0.2, 0.25) is 0 Å². The maximum atomic E-state index is 13.9. The van der Waals surface area contributed by atoms with Crippen LogP contribution >= 0.6 is 0 Å². The summed E-state index contributed by atoms with van der Waals surface area (Å²) in [4.78, 5) is 48.3. The molecule has 2 amide bonds. The van der Waals surface area contributed by atoms with Gasteiger partial charge in [0.1, 0.15) is 69.5 Å². The van der Waals surface area contributed by atoms with E-state index in [0.29, 0.717) is 71.7 Å². The number of hydrogen-bond donors (Lipinski definition) is 4. The zero-order chi connectivity index (χ0) is 52.5. The number of benzene rings is 6. The second kappa shape index (κ2) is 26.3. The Morgan fingerprint density at radius 3 is 1.01 bits per heavy atom. The van der Waals surface area contributed by atoms with Gasteiger partial charge in [0.25, 0.3) is 11.8 Å². The standard InChI is InChI=1S/2C27H27F2NO6/c2*1-4-36-15-17-13-22(34-2)24(23(14-17)35-3)18-10-8-16(9-11-18)12-21(27(32)33)30-26(31)25-19(28)6-5-7-20(25)29/h2*5-11,13-14,21H,4,12,15H2,1-3H3,(H,30,31)(H,32,33)/t2*21-/m00/s1. The Morgan fingerprint density at radius 1 is 0.472 bits per heavy atom. The second-order valence-electron chi connectivity index (χ2n) is 15.7. The molecule has 6 aromatic rings. The van der Waals surface area contributed by atoms with Crippen LogP contribution in [0.15, 0.2) is 109 Å². The first-order valence-electron chi connectivity index (χ1n) is 22.4. The largest absolute Gasteiger partial charge is 0.496 e. The van der Waals surface area contributed by atoms with E-state index in [-0.39, 0.29) is 12.8 Å². The molecule has 0 radical (unpaired) electrons. The van der Waals surface area contributed by atoms with Crippen LogP contribution in [-0.4, -0.2) is 87.7 Å². The second-order valence-corrected chi connectivity index (χ2v) is 15.7. The van der Waals surface area contributed by atoms with Gasteiger partial charge in [-0.15, -0.1) is 0 Å². The fraction of sp³-hybridized carbons (Fsp3) is 0.259. The van der Waals surface area contributed by atoms with Gasteiger partial charge in [-0.25, -0.2) is 27.2 Å². The van der Waals surface area contributed by atoms with Crippen LogP contribution in [-0.2, 0) is 45.1 Å². The van der Waals surface area contributed by atoms with Gasteiger partial charge in [0.05, 0.1) is 52.8 Å². The van der Waals surface area contributed by atoms with Crippen LogP contribution in [0.25, 0.3) is 22.3 Å². The Balaban J connectivity index is 0.000000267. The Kier molecular flexibility index (Phi) is 20.1. The van der Waals surface area contributed by atoms with E-state index in [9.17, 15) is 47.0 Å². The van der Waals surface area contributed by atoms with Gasteiger partial charge in [-0.2, -0.15) is 0 Å². The third-order valence-electron chi connectivity index (χ3n) is 11.0. The van der Waals surface area contributed by atoms with E-state index in [2.05, 4.69) is 10.6 Å². The van der Waals surface area contributed by atoms with Gasteiger partial charge in [-0.05, 0) is 95.8 Å². The molecule has 380 valence electrons. The van der Waals surface area contributed by atoms with Crippen molar-refractivity contribution in [1.29, 1.82) is 0 Å². The number of nitrogens with one attached hydrogen (secondary N) is 2. The maximum Gasteiger partial charge on any atom is 0.326 e.